The van der Waals surface area contributed by atoms with Crippen LogP contribution in [0.5, 0.6) is 5.75 Å². The smallest absolute Gasteiger partial charge is 0.334 e. The second-order valence-electron chi connectivity index (χ2n) is 10.2. The number of carbonyl (C=O) groups is 3. The van der Waals surface area contributed by atoms with Crippen LogP contribution in [0, 0.1) is 11.6 Å². The molecule has 0 aliphatic carbocycles. The highest BCUT2D eigenvalue weighted by molar-refractivity contribution is 8.32. The minimum atomic E-state index is -1.71. The molecule has 0 bridgehead atoms. The van der Waals surface area contributed by atoms with Gasteiger partial charge in [-0.3, -0.25) is 4.79 Å². The van der Waals surface area contributed by atoms with Crippen molar-refractivity contribution in [2.24, 2.45) is 0 Å². The third kappa shape index (κ3) is 6.11. The Bertz CT molecular complexity index is 1260. The summed E-state index contributed by atoms with van der Waals surface area (Å²) in [6.07, 6.45) is 4.57. The van der Waals surface area contributed by atoms with Crippen molar-refractivity contribution in [3.05, 3.63) is 53.1 Å². The molecule has 2 aromatic carbocycles. The lowest BCUT2D eigenvalue weighted by Gasteiger charge is -2.41. The quantitative estimate of drug-likeness (QED) is 0.551. The Balaban J connectivity index is 1.67. The first kappa shape index (κ1) is 28.6. The number of hydrogen-bond acceptors (Lipinski definition) is 5. The van der Waals surface area contributed by atoms with Crippen LogP contribution in [0.25, 0.3) is 0 Å². The van der Waals surface area contributed by atoms with Crippen LogP contribution in [-0.2, 0) is 20.7 Å². The molecule has 2 atom stereocenters. The van der Waals surface area contributed by atoms with Crippen LogP contribution in [0.15, 0.2) is 35.2 Å². The molecular weight excluding hydrogens is 532 g/mol. The van der Waals surface area contributed by atoms with E-state index in [0.717, 1.165) is 17.7 Å². The number of anilines is 1. The van der Waals surface area contributed by atoms with Crippen molar-refractivity contribution in [2.45, 2.75) is 30.4 Å². The third-order valence-electron chi connectivity index (χ3n) is 6.64. The van der Waals surface area contributed by atoms with Crippen LogP contribution in [0.4, 0.5) is 19.3 Å². The van der Waals surface area contributed by atoms with Crippen molar-refractivity contribution in [2.75, 3.05) is 56.9 Å². The number of amides is 3. The van der Waals surface area contributed by atoms with Crippen molar-refractivity contribution in [1.82, 2.24) is 9.80 Å². The molecule has 2 aromatic rings. The van der Waals surface area contributed by atoms with Crippen molar-refractivity contribution in [3.8, 4) is 5.75 Å². The van der Waals surface area contributed by atoms with Gasteiger partial charge in [-0.1, -0.05) is 6.07 Å². The van der Waals surface area contributed by atoms with Gasteiger partial charge in [0.05, 0.1) is 24.7 Å². The number of morpholine rings is 1. The second kappa shape index (κ2) is 11.4. The molecule has 2 N–H and O–H groups in total. The number of benzene rings is 2. The van der Waals surface area contributed by atoms with Crippen LogP contribution in [-0.4, -0.2) is 90.5 Å². The van der Waals surface area contributed by atoms with E-state index >= 15 is 0 Å². The summed E-state index contributed by atoms with van der Waals surface area (Å²) in [6, 6.07) is 5.75. The van der Waals surface area contributed by atoms with Crippen molar-refractivity contribution in [1.29, 1.82) is 0 Å². The number of carbonyl (C=O) groups excluding carboxylic acids is 2. The molecule has 212 valence electrons. The minimum absolute atomic E-state index is 0.0101. The molecule has 4 rings (SSSR count). The van der Waals surface area contributed by atoms with Gasteiger partial charge >= 0.3 is 12.0 Å². The lowest BCUT2D eigenvalue weighted by atomic mass is 9.91. The van der Waals surface area contributed by atoms with Gasteiger partial charge in [0.15, 0.2) is 6.10 Å². The number of rotatable bonds is 6. The molecule has 3 amide bonds. The first-order valence-electron chi connectivity index (χ1n) is 12.5. The highest BCUT2D eigenvalue weighted by Crippen LogP contribution is 2.48. The molecule has 12 heteroatoms. The number of fused-ring (bicyclic) bond motifs is 1. The Kier molecular flexibility index (Phi) is 8.36. The van der Waals surface area contributed by atoms with Crippen LogP contribution < -0.4 is 10.1 Å². The van der Waals surface area contributed by atoms with Gasteiger partial charge in [-0.05, 0) is 67.5 Å². The number of carboxylic acid groups (broad SMARTS) is 1. The maximum atomic E-state index is 14.9. The summed E-state index contributed by atoms with van der Waals surface area (Å²) in [5, 5.41) is 11.9. The molecule has 1 fully saturated rings. The Hall–Kier alpha value is -3.38. The first-order valence-corrected chi connectivity index (χ1v) is 15.4. The monoisotopic (exact) mass is 565 g/mol. The summed E-state index contributed by atoms with van der Waals surface area (Å²) in [5.74, 6) is -2.71. The second-order valence-corrected chi connectivity index (χ2v) is 14.2. The molecular formula is C27H33F2N3O6S. The van der Waals surface area contributed by atoms with Crippen LogP contribution in [0.2, 0.25) is 0 Å². The highest BCUT2D eigenvalue weighted by atomic mass is 32.3. The van der Waals surface area contributed by atoms with E-state index < -0.39 is 51.7 Å². The SMILES string of the molecule is CCOc1ccc2c(c1)CCN(C(=O)N1CCOC(C(=O)O)C1)[C@H]2C(=O)Nc1cc(F)c(S(C)(C)C)c(F)c1. The van der Waals surface area contributed by atoms with E-state index in [0.29, 0.717) is 24.3 Å². The van der Waals surface area contributed by atoms with Gasteiger partial charge in [0, 0.05) is 18.8 Å². The minimum Gasteiger partial charge on any atom is -0.494 e. The largest absolute Gasteiger partial charge is 0.494 e. The van der Waals surface area contributed by atoms with E-state index in [1.165, 1.54) is 9.80 Å². The van der Waals surface area contributed by atoms with Gasteiger partial charge in [-0.2, -0.15) is 0 Å². The fourth-order valence-corrected chi connectivity index (χ4v) is 6.22. The first-order chi connectivity index (χ1) is 18.4. The lowest BCUT2D eigenvalue weighted by Crippen LogP contribution is -2.56. The maximum Gasteiger partial charge on any atom is 0.334 e. The molecule has 2 aliphatic heterocycles. The fraction of sp³-hybridized carbons (Fsp3) is 0.444. The average molecular weight is 566 g/mol. The zero-order valence-corrected chi connectivity index (χ0v) is 23.1. The Labute approximate surface area is 227 Å². The topological polar surface area (TPSA) is 108 Å². The summed E-state index contributed by atoms with van der Waals surface area (Å²) in [7, 11) is -1.71. The molecule has 9 nitrogen and oxygen atoms in total. The summed E-state index contributed by atoms with van der Waals surface area (Å²) in [4.78, 5) is 41.5. The number of hydrogen-bond donors (Lipinski definition) is 2. The molecule has 39 heavy (non-hydrogen) atoms. The van der Waals surface area contributed by atoms with Crippen molar-refractivity contribution < 1.29 is 37.7 Å². The molecule has 1 saturated heterocycles. The number of nitrogens with zero attached hydrogens (tertiary/aromatic N) is 2. The molecule has 0 aromatic heterocycles. The summed E-state index contributed by atoms with van der Waals surface area (Å²) in [6.45, 7) is 2.52. The summed E-state index contributed by atoms with van der Waals surface area (Å²) < 4.78 is 40.6. The molecule has 0 radical (unpaired) electrons. The highest BCUT2D eigenvalue weighted by Gasteiger charge is 2.40. The van der Waals surface area contributed by atoms with Gasteiger partial charge in [0.1, 0.15) is 23.4 Å². The van der Waals surface area contributed by atoms with Crippen LogP contribution >= 0.6 is 10.0 Å². The average Bonchev–Trinajstić information content (AvgIpc) is 2.86. The Morgan fingerprint density at radius 3 is 2.44 bits per heavy atom. The van der Waals surface area contributed by atoms with E-state index in [-0.39, 0.29) is 36.8 Å². The zero-order valence-electron chi connectivity index (χ0n) is 22.3. The van der Waals surface area contributed by atoms with E-state index in [2.05, 4.69) is 5.32 Å². The fourth-order valence-electron chi connectivity index (χ4n) is 4.93. The number of halogens is 2. The number of carboxylic acids is 1. The predicted molar refractivity (Wildman–Crippen MR) is 144 cm³/mol. The zero-order chi connectivity index (χ0) is 28.5. The summed E-state index contributed by atoms with van der Waals surface area (Å²) >= 11 is 0. The van der Waals surface area contributed by atoms with Gasteiger partial charge in [-0.25, -0.2) is 28.4 Å². The third-order valence-corrected chi connectivity index (χ3v) is 8.25. The molecule has 2 aliphatic rings. The van der Waals surface area contributed by atoms with Crippen LogP contribution in [0.3, 0.4) is 0 Å². The molecule has 0 spiro atoms. The summed E-state index contributed by atoms with van der Waals surface area (Å²) in [5.41, 5.74) is 1.29. The lowest BCUT2D eigenvalue weighted by molar-refractivity contribution is -0.154. The van der Waals surface area contributed by atoms with E-state index in [4.69, 9.17) is 9.47 Å². The number of urea groups is 1. The van der Waals surface area contributed by atoms with Crippen molar-refractivity contribution in [3.63, 3.8) is 0 Å². The van der Waals surface area contributed by atoms with Gasteiger partial charge in [0.25, 0.3) is 5.91 Å². The van der Waals surface area contributed by atoms with E-state index in [9.17, 15) is 28.3 Å². The normalized spacial score (nSPS) is 19.7. The van der Waals surface area contributed by atoms with Crippen molar-refractivity contribution >= 4 is 33.6 Å². The number of ether oxygens (including phenoxy) is 2. The molecule has 2 heterocycles. The number of aliphatic carboxylic acids is 1. The predicted octanol–water partition coefficient (Wildman–Crippen LogP) is 3.86. The molecule has 1 unspecified atom stereocenters. The number of nitrogens with one attached hydrogen (secondary N) is 1. The Morgan fingerprint density at radius 1 is 1.13 bits per heavy atom. The van der Waals surface area contributed by atoms with E-state index in [1.54, 1.807) is 30.9 Å². The molecule has 0 saturated carbocycles. The maximum absolute atomic E-state index is 14.9. The van der Waals surface area contributed by atoms with Gasteiger partial charge in [-0.15, -0.1) is 0 Å². The van der Waals surface area contributed by atoms with Crippen LogP contribution in [0.1, 0.15) is 24.1 Å². The van der Waals surface area contributed by atoms with Gasteiger partial charge in [0.2, 0.25) is 0 Å². The van der Waals surface area contributed by atoms with E-state index in [1.807, 2.05) is 13.0 Å². The standard InChI is InChI=1S/C27H33F2N3O6S/c1-5-37-18-6-7-19-16(12-18)8-9-32(27(36)31-10-11-38-22(15-31)26(34)35)23(19)25(33)30-17-13-20(28)24(21(29)14-17)39(2,3)4/h6-7,12-14,22-23H,5,8-11,15H2,1-4H3,(H,30,33)(H,34,35)/t22?,23-/m1/s1. The Morgan fingerprint density at radius 2 is 1.82 bits per heavy atom. The van der Waals surface area contributed by atoms with Gasteiger partial charge < -0.3 is 29.7 Å².